The molecule has 0 unspecified atom stereocenters. The molecule has 98 valence electrons. The monoisotopic (exact) mass is 269 g/mol. The third kappa shape index (κ3) is 2.95. The number of amidine groups is 1. The molecule has 1 aliphatic heterocycles. The van der Waals surface area contributed by atoms with Crippen LogP contribution in [0.1, 0.15) is 12.1 Å². The second-order valence-corrected chi connectivity index (χ2v) is 6.47. The normalized spacial score (nSPS) is 19.2. The minimum absolute atomic E-state index is 0.132. The molecule has 2 rings (SSSR count). The fourth-order valence-electron chi connectivity index (χ4n) is 1.79. The van der Waals surface area contributed by atoms with E-state index in [9.17, 15) is 8.42 Å². The van der Waals surface area contributed by atoms with Gasteiger partial charge < -0.3 is 10.6 Å². The van der Waals surface area contributed by atoms with Crippen LogP contribution in [0.15, 0.2) is 12.4 Å². The Hall–Kier alpha value is -1.70. The van der Waals surface area contributed by atoms with Gasteiger partial charge in [-0.3, -0.25) is 5.41 Å². The van der Waals surface area contributed by atoms with Gasteiger partial charge in [-0.05, 0) is 6.42 Å². The topological polar surface area (TPSA) is 113 Å². The largest absolute Gasteiger partial charge is 0.382 e. The zero-order chi connectivity index (χ0) is 13.2. The molecule has 1 saturated heterocycles. The number of nitrogens with two attached hydrogens (primary N) is 1. The van der Waals surface area contributed by atoms with Crippen LogP contribution >= 0.6 is 0 Å². The molecule has 1 fully saturated rings. The standard InChI is InChI=1S/C10H15N5O2S/c11-10(12)8-6-14-9(7-13-8)15-2-1-4-18(16,17)5-3-15/h6-7H,1-5H2,(H3,11,12). The van der Waals surface area contributed by atoms with Crippen LogP contribution in [0.2, 0.25) is 0 Å². The first-order valence-corrected chi connectivity index (χ1v) is 7.42. The zero-order valence-electron chi connectivity index (χ0n) is 9.83. The van der Waals surface area contributed by atoms with Crippen LogP contribution in [0.3, 0.4) is 0 Å². The van der Waals surface area contributed by atoms with Crippen molar-refractivity contribution < 1.29 is 8.42 Å². The number of sulfone groups is 1. The second kappa shape index (κ2) is 4.89. The fourth-order valence-corrected chi connectivity index (χ4v) is 3.06. The van der Waals surface area contributed by atoms with E-state index in [-0.39, 0.29) is 17.3 Å². The number of rotatable bonds is 2. The molecule has 0 bridgehead atoms. The van der Waals surface area contributed by atoms with Gasteiger partial charge in [0.15, 0.2) is 9.84 Å². The van der Waals surface area contributed by atoms with E-state index in [1.54, 1.807) is 0 Å². The van der Waals surface area contributed by atoms with Crippen molar-refractivity contribution >= 4 is 21.5 Å². The molecule has 18 heavy (non-hydrogen) atoms. The summed E-state index contributed by atoms with van der Waals surface area (Å²) >= 11 is 0. The lowest BCUT2D eigenvalue weighted by atomic mass is 10.4. The highest BCUT2D eigenvalue weighted by Gasteiger charge is 2.20. The van der Waals surface area contributed by atoms with E-state index in [1.807, 2.05) is 4.90 Å². The summed E-state index contributed by atoms with van der Waals surface area (Å²) in [6.45, 7) is 1.07. The lowest BCUT2D eigenvalue weighted by molar-refractivity contribution is 0.597. The van der Waals surface area contributed by atoms with Gasteiger partial charge in [-0.2, -0.15) is 0 Å². The average molecular weight is 269 g/mol. The van der Waals surface area contributed by atoms with Gasteiger partial charge in [0.25, 0.3) is 0 Å². The molecular weight excluding hydrogens is 254 g/mol. The third-order valence-electron chi connectivity index (χ3n) is 2.79. The minimum atomic E-state index is -2.93. The van der Waals surface area contributed by atoms with E-state index in [2.05, 4.69) is 9.97 Å². The number of nitrogens with zero attached hydrogens (tertiary/aromatic N) is 3. The first-order chi connectivity index (χ1) is 8.48. The Morgan fingerprint density at radius 1 is 1.28 bits per heavy atom. The maximum atomic E-state index is 11.5. The molecule has 3 N–H and O–H groups in total. The summed E-state index contributed by atoms with van der Waals surface area (Å²) in [5.41, 5.74) is 5.61. The Bertz CT molecular complexity index is 540. The Balaban J connectivity index is 2.14. The van der Waals surface area contributed by atoms with Gasteiger partial charge in [-0.1, -0.05) is 0 Å². The van der Waals surface area contributed by atoms with Crippen molar-refractivity contribution in [2.24, 2.45) is 5.73 Å². The summed E-state index contributed by atoms with van der Waals surface area (Å²) in [4.78, 5) is 10.1. The molecule has 0 aliphatic carbocycles. The smallest absolute Gasteiger partial charge is 0.152 e. The van der Waals surface area contributed by atoms with Gasteiger partial charge in [0.2, 0.25) is 0 Å². The highest BCUT2D eigenvalue weighted by molar-refractivity contribution is 7.91. The summed E-state index contributed by atoms with van der Waals surface area (Å²) < 4.78 is 23.0. The maximum Gasteiger partial charge on any atom is 0.152 e. The first-order valence-electron chi connectivity index (χ1n) is 5.60. The van der Waals surface area contributed by atoms with E-state index in [0.29, 0.717) is 31.0 Å². The Morgan fingerprint density at radius 3 is 2.67 bits per heavy atom. The number of nitrogens with one attached hydrogen (secondary N) is 1. The van der Waals surface area contributed by atoms with Crippen LogP contribution in [0.4, 0.5) is 5.82 Å². The maximum absolute atomic E-state index is 11.5. The van der Waals surface area contributed by atoms with Crippen LogP contribution in [0.25, 0.3) is 0 Å². The van der Waals surface area contributed by atoms with Crippen LogP contribution < -0.4 is 10.6 Å². The second-order valence-electron chi connectivity index (χ2n) is 4.17. The Morgan fingerprint density at radius 2 is 2.06 bits per heavy atom. The van der Waals surface area contributed by atoms with Crippen molar-refractivity contribution in [2.75, 3.05) is 29.5 Å². The molecule has 1 aliphatic rings. The van der Waals surface area contributed by atoms with Gasteiger partial charge in [-0.25, -0.2) is 18.4 Å². The molecular formula is C10H15N5O2S. The van der Waals surface area contributed by atoms with Gasteiger partial charge in [0, 0.05) is 13.1 Å². The molecule has 1 aromatic rings. The summed E-state index contributed by atoms with van der Waals surface area (Å²) in [6.07, 6.45) is 3.55. The van der Waals surface area contributed by atoms with E-state index in [1.165, 1.54) is 12.4 Å². The molecule has 0 atom stereocenters. The minimum Gasteiger partial charge on any atom is -0.382 e. The predicted molar refractivity (Wildman–Crippen MR) is 68.5 cm³/mol. The molecule has 2 heterocycles. The molecule has 0 aromatic carbocycles. The van der Waals surface area contributed by atoms with E-state index in [0.717, 1.165) is 0 Å². The number of aromatic nitrogens is 2. The summed E-state index contributed by atoms with van der Waals surface area (Å²) in [5, 5.41) is 7.22. The van der Waals surface area contributed by atoms with Crippen molar-refractivity contribution in [1.82, 2.24) is 9.97 Å². The van der Waals surface area contributed by atoms with E-state index < -0.39 is 9.84 Å². The Labute approximate surface area is 105 Å². The number of nitrogen functional groups attached to an aromatic ring is 1. The SMILES string of the molecule is N=C(N)c1cnc(N2CCCS(=O)(=O)CC2)cn1. The highest BCUT2D eigenvalue weighted by atomic mass is 32.2. The van der Waals surface area contributed by atoms with Gasteiger partial charge in [0.05, 0.1) is 23.9 Å². The van der Waals surface area contributed by atoms with E-state index in [4.69, 9.17) is 11.1 Å². The van der Waals surface area contributed by atoms with Crippen molar-refractivity contribution in [2.45, 2.75) is 6.42 Å². The van der Waals surface area contributed by atoms with Crippen LogP contribution in [0, 0.1) is 5.41 Å². The third-order valence-corrected chi connectivity index (χ3v) is 4.51. The van der Waals surface area contributed by atoms with Crippen molar-refractivity contribution in [3.63, 3.8) is 0 Å². The fraction of sp³-hybridized carbons (Fsp3) is 0.500. The molecule has 7 nitrogen and oxygen atoms in total. The number of hydrogen-bond acceptors (Lipinski definition) is 6. The molecule has 0 radical (unpaired) electrons. The summed E-state index contributed by atoms with van der Waals surface area (Å²) in [6, 6.07) is 0. The van der Waals surface area contributed by atoms with Crippen molar-refractivity contribution in [1.29, 1.82) is 5.41 Å². The lowest BCUT2D eigenvalue weighted by Crippen LogP contribution is -2.28. The summed E-state index contributed by atoms with van der Waals surface area (Å²) in [5.74, 6) is 0.857. The van der Waals surface area contributed by atoms with Crippen LogP contribution in [0.5, 0.6) is 0 Å². The molecule has 0 spiro atoms. The van der Waals surface area contributed by atoms with Crippen LogP contribution in [-0.2, 0) is 9.84 Å². The highest BCUT2D eigenvalue weighted by Crippen LogP contribution is 2.13. The molecule has 0 saturated carbocycles. The van der Waals surface area contributed by atoms with Gasteiger partial charge in [0.1, 0.15) is 17.3 Å². The van der Waals surface area contributed by atoms with E-state index >= 15 is 0 Å². The molecule has 1 aromatic heterocycles. The predicted octanol–water partition coefficient (Wildman–Crippen LogP) is -0.614. The summed E-state index contributed by atoms with van der Waals surface area (Å²) in [7, 11) is -2.93. The average Bonchev–Trinajstić information content (AvgIpc) is 2.50. The van der Waals surface area contributed by atoms with Crippen molar-refractivity contribution in [3.05, 3.63) is 18.1 Å². The molecule has 0 amide bonds. The number of anilines is 1. The number of hydrogen-bond donors (Lipinski definition) is 2. The van der Waals surface area contributed by atoms with Crippen molar-refractivity contribution in [3.8, 4) is 0 Å². The molecule has 8 heteroatoms. The van der Waals surface area contributed by atoms with Gasteiger partial charge in [-0.15, -0.1) is 0 Å². The Kier molecular flexibility index (Phi) is 3.46. The lowest BCUT2D eigenvalue weighted by Gasteiger charge is -2.20. The van der Waals surface area contributed by atoms with Crippen LogP contribution in [-0.4, -0.2) is 48.8 Å². The zero-order valence-corrected chi connectivity index (χ0v) is 10.7. The quantitative estimate of drug-likeness (QED) is 0.547. The first kappa shape index (κ1) is 12.7. The van der Waals surface area contributed by atoms with Gasteiger partial charge >= 0.3 is 0 Å².